The first kappa shape index (κ1) is 27.2. The number of hydrogen-bond donors (Lipinski definition) is 2. The molecule has 4 heteroatoms. The first-order valence-corrected chi connectivity index (χ1v) is 11.6. The van der Waals surface area contributed by atoms with Gasteiger partial charge < -0.3 is 10.2 Å². The van der Waals surface area contributed by atoms with Gasteiger partial charge in [0.15, 0.2) is 0 Å². The zero-order valence-corrected chi connectivity index (χ0v) is 18.4. The third-order valence-corrected chi connectivity index (χ3v) is 5.01. The molecule has 0 bridgehead atoms. The van der Waals surface area contributed by atoms with Gasteiger partial charge in [-0.05, 0) is 18.6 Å². The Bertz CT molecular complexity index is 499. The van der Waals surface area contributed by atoms with Gasteiger partial charge in [-0.3, -0.25) is 4.79 Å². The van der Waals surface area contributed by atoms with Gasteiger partial charge in [0.25, 0.3) is 0 Å². The second-order valence-electron chi connectivity index (χ2n) is 7.76. The molecule has 1 aromatic carbocycles. The highest BCUT2D eigenvalue weighted by atomic mass is 16.4. The third kappa shape index (κ3) is 20.7. The molecule has 0 spiro atoms. The van der Waals surface area contributed by atoms with Crippen LogP contribution in [0.5, 0.6) is 0 Å². The van der Waals surface area contributed by atoms with Gasteiger partial charge >= 0.3 is 11.9 Å². The van der Waals surface area contributed by atoms with Crippen molar-refractivity contribution in [3.05, 3.63) is 35.9 Å². The van der Waals surface area contributed by atoms with E-state index < -0.39 is 11.9 Å². The quantitative estimate of drug-likeness (QED) is 0.260. The summed E-state index contributed by atoms with van der Waals surface area (Å²) in [6.07, 6.45) is 20.2. The lowest BCUT2D eigenvalue weighted by molar-refractivity contribution is -0.137. The van der Waals surface area contributed by atoms with Crippen LogP contribution in [0.25, 0.3) is 0 Å². The van der Waals surface area contributed by atoms with Crippen LogP contribution in [0, 0.1) is 0 Å². The Hall–Kier alpha value is -1.84. The molecule has 1 rings (SSSR count). The van der Waals surface area contributed by atoms with Crippen molar-refractivity contribution >= 4 is 11.9 Å². The van der Waals surface area contributed by atoms with Gasteiger partial charge in [-0.25, -0.2) is 4.79 Å². The molecule has 0 aliphatic rings. The average molecular weight is 407 g/mol. The maximum Gasteiger partial charge on any atom is 0.335 e. The fourth-order valence-corrected chi connectivity index (χ4v) is 3.23. The predicted molar refractivity (Wildman–Crippen MR) is 121 cm³/mol. The number of hydrogen-bond acceptors (Lipinski definition) is 2. The number of aromatic carboxylic acids is 1. The van der Waals surface area contributed by atoms with Crippen LogP contribution in [-0.2, 0) is 4.79 Å². The predicted octanol–water partition coefficient (Wildman–Crippen LogP) is 7.72. The van der Waals surface area contributed by atoms with E-state index in [1.165, 1.54) is 83.5 Å². The molecular weight excluding hydrogens is 364 g/mol. The largest absolute Gasteiger partial charge is 0.481 e. The molecule has 0 aliphatic heterocycles. The summed E-state index contributed by atoms with van der Waals surface area (Å²) in [5, 5.41) is 16.9. The molecule has 0 radical (unpaired) electrons. The van der Waals surface area contributed by atoms with Crippen LogP contribution in [0.4, 0.5) is 0 Å². The van der Waals surface area contributed by atoms with E-state index in [1.807, 2.05) is 0 Å². The number of carboxylic acid groups (broad SMARTS) is 2. The molecule has 166 valence electrons. The molecule has 0 unspecified atom stereocenters. The number of rotatable bonds is 17. The van der Waals surface area contributed by atoms with E-state index in [4.69, 9.17) is 10.2 Å². The van der Waals surface area contributed by atoms with Crippen LogP contribution >= 0.6 is 0 Å². The second-order valence-corrected chi connectivity index (χ2v) is 7.76. The molecule has 2 N–H and O–H groups in total. The van der Waals surface area contributed by atoms with Crippen molar-refractivity contribution in [3.8, 4) is 0 Å². The van der Waals surface area contributed by atoms with Gasteiger partial charge in [-0.2, -0.15) is 0 Å². The highest BCUT2D eigenvalue weighted by Crippen LogP contribution is 2.13. The Balaban J connectivity index is 0.000000717. The van der Waals surface area contributed by atoms with Crippen LogP contribution in [0.1, 0.15) is 120 Å². The van der Waals surface area contributed by atoms with E-state index in [1.54, 1.807) is 30.3 Å². The maximum absolute atomic E-state index is 10.3. The van der Waals surface area contributed by atoms with Crippen molar-refractivity contribution in [2.24, 2.45) is 0 Å². The molecular formula is C25H42O4. The summed E-state index contributed by atoms with van der Waals surface area (Å²) >= 11 is 0. The summed E-state index contributed by atoms with van der Waals surface area (Å²) in [4.78, 5) is 20.5. The zero-order chi connectivity index (χ0) is 21.6. The van der Waals surface area contributed by atoms with Crippen LogP contribution < -0.4 is 0 Å². The Morgan fingerprint density at radius 2 is 1.00 bits per heavy atom. The summed E-state index contributed by atoms with van der Waals surface area (Å²) in [5.41, 5.74) is 0.331. The number of carbonyl (C=O) groups is 2. The summed E-state index contributed by atoms with van der Waals surface area (Å²) in [6, 6.07) is 8.30. The normalized spacial score (nSPS) is 10.2. The lowest BCUT2D eigenvalue weighted by atomic mass is 10.0. The molecule has 1 aromatic rings. The fraction of sp³-hybridized carbons (Fsp3) is 0.680. The second kappa shape index (κ2) is 20.9. The summed E-state index contributed by atoms with van der Waals surface area (Å²) < 4.78 is 0. The van der Waals surface area contributed by atoms with Crippen molar-refractivity contribution in [3.63, 3.8) is 0 Å². The third-order valence-electron chi connectivity index (χ3n) is 5.01. The SMILES string of the molecule is CCCCCCCCCCCCCCCCCC(=O)O.O=C(O)c1ccccc1. The van der Waals surface area contributed by atoms with E-state index in [0.29, 0.717) is 12.0 Å². The lowest BCUT2D eigenvalue weighted by Crippen LogP contribution is -1.93. The Morgan fingerprint density at radius 3 is 1.31 bits per heavy atom. The minimum atomic E-state index is -0.879. The van der Waals surface area contributed by atoms with E-state index in [0.717, 1.165) is 12.8 Å². The van der Waals surface area contributed by atoms with Gasteiger partial charge in [0.05, 0.1) is 5.56 Å². The monoisotopic (exact) mass is 406 g/mol. The minimum Gasteiger partial charge on any atom is -0.481 e. The highest BCUT2D eigenvalue weighted by Gasteiger charge is 1.97. The van der Waals surface area contributed by atoms with E-state index in [9.17, 15) is 9.59 Å². The highest BCUT2D eigenvalue weighted by molar-refractivity contribution is 5.87. The topological polar surface area (TPSA) is 74.6 Å². The molecule has 0 saturated carbocycles. The lowest BCUT2D eigenvalue weighted by Gasteiger charge is -2.03. The van der Waals surface area contributed by atoms with Crippen LogP contribution in [0.3, 0.4) is 0 Å². The molecule has 0 amide bonds. The Labute approximate surface area is 177 Å². The van der Waals surface area contributed by atoms with E-state index in [-0.39, 0.29) is 0 Å². The van der Waals surface area contributed by atoms with Crippen LogP contribution in [0.2, 0.25) is 0 Å². The average Bonchev–Trinajstić information content (AvgIpc) is 2.72. The molecule has 0 fully saturated rings. The minimum absolute atomic E-state index is 0.331. The van der Waals surface area contributed by atoms with Crippen molar-refractivity contribution in [1.29, 1.82) is 0 Å². The van der Waals surface area contributed by atoms with Gasteiger partial charge in [-0.1, -0.05) is 115 Å². The van der Waals surface area contributed by atoms with Crippen molar-refractivity contribution < 1.29 is 19.8 Å². The van der Waals surface area contributed by atoms with Crippen molar-refractivity contribution in [2.75, 3.05) is 0 Å². The van der Waals surface area contributed by atoms with Crippen LogP contribution in [-0.4, -0.2) is 22.2 Å². The van der Waals surface area contributed by atoms with E-state index in [2.05, 4.69) is 6.92 Å². The molecule has 0 atom stereocenters. The smallest absolute Gasteiger partial charge is 0.335 e. The van der Waals surface area contributed by atoms with Crippen LogP contribution in [0.15, 0.2) is 30.3 Å². The van der Waals surface area contributed by atoms with Gasteiger partial charge in [0.2, 0.25) is 0 Å². The number of aliphatic carboxylic acids is 1. The molecule has 4 nitrogen and oxygen atoms in total. The summed E-state index contributed by atoms with van der Waals surface area (Å²) in [7, 11) is 0. The fourth-order valence-electron chi connectivity index (χ4n) is 3.23. The summed E-state index contributed by atoms with van der Waals surface area (Å²) in [6.45, 7) is 2.27. The number of unbranched alkanes of at least 4 members (excludes halogenated alkanes) is 14. The standard InChI is InChI=1S/C18H36O2.C7H6O2/c1-2-3-4-5-6-7-8-9-10-11-12-13-14-15-16-17-18(19)20;8-7(9)6-4-2-1-3-5-6/h2-17H2,1H3,(H,19,20);1-5H,(H,8,9). The molecule has 0 heterocycles. The van der Waals surface area contributed by atoms with E-state index >= 15 is 0 Å². The molecule has 0 saturated heterocycles. The number of benzene rings is 1. The van der Waals surface area contributed by atoms with Crippen molar-refractivity contribution in [1.82, 2.24) is 0 Å². The van der Waals surface area contributed by atoms with Gasteiger partial charge in [0.1, 0.15) is 0 Å². The summed E-state index contributed by atoms with van der Waals surface area (Å²) in [5.74, 6) is -1.53. The number of carboxylic acids is 2. The van der Waals surface area contributed by atoms with Gasteiger partial charge in [-0.15, -0.1) is 0 Å². The maximum atomic E-state index is 10.3. The molecule has 0 aliphatic carbocycles. The van der Waals surface area contributed by atoms with Gasteiger partial charge in [0, 0.05) is 6.42 Å². The Morgan fingerprint density at radius 1 is 0.621 bits per heavy atom. The van der Waals surface area contributed by atoms with Crippen molar-refractivity contribution in [2.45, 2.75) is 110 Å². The first-order chi connectivity index (χ1) is 14.1. The molecule has 0 aromatic heterocycles. The zero-order valence-electron chi connectivity index (χ0n) is 18.4. The Kier molecular flexibility index (Phi) is 19.6. The first-order valence-electron chi connectivity index (χ1n) is 11.6. The molecule has 29 heavy (non-hydrogen) atoms.